The average Bonchev–Trinajstić information content (AvgIpc) is 3.29. The zero-order chi connectivity index (χ0) is 22.8. The van der Waals surface area contributed by atoms with Crippen molar-refractivity contribution in [2.24, 2.45) is 10.3 Å². The third-order valence-corrected chi connectivity index (χ3v) is 5.46. The van der Waals surface area contributed by atoms with E-state index in [1.165, 1.54) is 17.1 Å². The summed E-state index contributed by atoms with van der Waals surface area (Å²) in [5.74, 6) is -1.87. The standard InChI is InChI=1S/C21H18BrN5O5/c1-2-32-21(31)12-3-7-14(8-4-12)23-16(28)11-26-18-17(24-25-26)19(29)27(20(18)30)15-9-5-13(22)6-10-15/h3-10,17-18H,2,11H2,1H3,(H,23,28). The van der Waals surface area contributed by atoms with Crippen LogP contribution in [-0.2, 0) is 19.1 Å². The van der Waals surface area contributed by atoms with Gasteiger partial charge in [0.15, 0.2) is 12.1 Å². The first-order valence-electron chi connectivity index (χ1n) is 9.77. The van der Waals surface area contributed by atoms with Gasteiger partial charge in [0, 0.05) is 10.2 Å². The van der Waals surface area contributed by atoms with E-state index in [1.54, 1.807) is 43.3 Å². The van der Waals surface area contributed by atoms with E-state index in [4.69, 9.17) is 4.74 Å². The van der Waals surface area contributed by atoms with Gasteiger partial charge in [-0.25, -0.2) is 9.69 Å². The SMILES string of the molecule is CCOC(=O)c1ccc(NC(=O)CN2N=NC3C(=O)N(c4ccc(Br)cc4)C(=O)C32)cc1. The van der Waals surface area contributed by atoms with Gasteiger partial charge in [-0.1, -0.05) is 21.2 Å². The molecule has 1 saturated heterocycles. The molecule has 10 nitrogen and oxygen atoms in total. The van der Waals surface area contributed by atoms with Crippen molar-refractivity contribution >= 4 is 51.0 Å². The number of benzene rings is 2. The van der Waals surface area contributed by atoms with Crippen LogP contribution in [0.2, 0.25) is 0 Å². The molecule has 2 unspecified atom stereocenters. The van der Waals surface area contributed by atoms with E-state index >= 15 is 0 Å². The fraction of sp³-hybridized carbons (Fsp3) is 0.238. The normalized spacial score (nSPS) is 19.3. The number of esters is 1. The summed E-state index contributed by atoms with van der Waals surface area (Å²) in [5.41, 5.74) is 1.25. The molecule has 2 aliphatic rings. The molecule has 0 aromatic heterocycles. The zero-order valence-electron chi connectivity index (χ0n) is 16.9. The lowest BCUT2D eigenvalue weighted by molar-refractivity contribution is -0.123. The highest BCUT2D eigenvalue weighted by atomic mass is 79.9. The molecule has 3 amide bonds. The Hall–Kier alpha value is -3.60. The quantitative estimate of drug-likeness (QED) is 0.481. The minimum absolute atomic E-state index is 0.266. The molecule has 0 radical (unpaired) electrons. The second-order valence-corrected chi connectivity index (χ2v) is 7.94. The Kier molecular flexibility index (Phi) is 5.99. The number of amides is 3. The molecule has 2 heterocycles. The van der Waals surface area contributed by atoms with Crippen molar-refractivity contribution in [2.45, 2.75) is 19.0 Å². The number of hydrogen-bond acceptors (Lipinski definition) is 8. The number of rotatable bonds is 6. The third-order valence-electron chi connectivity index (χ3n) is 4.93. The van der Waals surface area contributed by atoms with Crippen LogP contribution in [0.1, 0.15) is 17.3 Å². The lowest BCUT2D eigenvalue weighted by Gasteiger charge is -2.20. The molecule has 1 N–H and O–H groups in total. The van der Waals surface area contributed by atoms with Crippen LogP contribution in [-0.4, -0.2) is 53.9 Å². The first-order valence-corrected chi connectivity index (χ1v) is 10.6. The molecule has 4 rings (SSSR count). The lowest BCUT2D eigenvalue weighted by atomic mass is 10.1. The van der Waals surface area contributed by atoms with Gasteiger partial charge in [-0.3, -0.25) is 19.4 Å². The summed E-state index contributed by atoms with van der Waals surface area (Å²) in [6.07, 6.45) is 0. The monoisotopic (exact) mass is 499 g/mol. The zero-order valence-corrected chi connectivity index (χ0v) is 18.5. The maximum Gasteiger partial charge on any atom is 0.338 e. The van der Waals surface area contributed by atoms with Gasteiger partial charge in [0.2, 0.25) is 5.91 Å². The number of fused-ring (bicyclic) bond motifs is 1. The molecule has 2 aromatic carbocycles. The van der Waals surface area contributed by atoms with Crippen molar-refractivity contribution in [1.82, 2.24) is 5.01 Å². The highest BCUT2D eigenvalue weighted by Crippen LogP contribution is 2.32. The van der Waals surface area contributed by atoms with Crippen LogP contribution in [0.3, 0.4) is 0 Å². The highest BCUT2D eigenvalue weighted by Gasteiger charge is 2.55. The van der Waals surface area contributed by atoms with Gasteiger partial charge in [0.25, 0.3) is 11.8 Å². The summed E-state index contributed by atoms with van der Waals surface area (Å²) in [7, 11) is 0. The number of carbonyl (C=O) groups is 4. The van der Waals surface area contributed by atoms with Gasteiger partial charge in [-0.2, -0.15) is 5.11 Å². The Morgan fingerprint density at radius 1 is 1.06 bits per heavy atom. The smallest absolute Gasteiger partial charge is 0.338 e. The second kappa shape index (κ2) is 8.87. The number of imide groups is 1. The van der Waals surface area contributed by atoms with Crippen molar-refractivity contribution in [1.29, 1.82) is 0 Å². The van der Waals surface area contributed by atoms with E-state index in [2.05, 4.69) is 31.6 Å². The predicted molar refractivity (Wildman–Crippen MR) is 117 cm³/mol. The van der Waals surface area contributed by atoms with Gasteiger partial charge >= 0.3 is 5.97 Å². The summed E-state index contributed by atoms with van der Waals surface area (Å²) in [6.45, 7) is 1.72. The number of nitrogens with zero attached hydrogens (tertiary/aromatic N) is 4. The number of ether oxygens (including phenoxy) is 1. The van der Waals surface area contributed by atoms with Crippen molar-refractivity contribution in [2.75, 3.05) is 23.4 Å². The van der Waals surface area contributed by atoms with Crippen molar-refractivity contribution in [3.63, 3.8) is 0 Å². The summed E-state index contributed by atoms with van der Waals surface area (Å²) < 4.78 is 5.74. The molecule has 0 bridgehead atoms. The maximum absolute atomic E-state index is 12.9. The van der Waals surface area contributed by atoms with Crippen LogP contribution in [0.5, 0.6) is 0 Å². The van der Waals surface area contributed by atoms with Gasteiger partial charge in [0.05, 0.1) is 17.9 Å². The Morgan fingerprint density at radius 2 is 1.75 bits per heavy atom. The van der Waals surface area contributed by atoms with E-state index in [9.17, 15) is 19.2 Å². The summed E-state index contributed by atoms with van der Waals surface area (Å²) >= 11 is 3.32. The van der Waals surface area contributed by atoms with Crippen LogP contribution in [0.4, 0.5) is 11.4 Å². The Morgan fingerprint density at radius 3 is 2.41 bits per heavy atom. The first kappa shape index (κ1) is 21.6. The van der Waals surface area contributed by atoms with E-state index < -0.39 is 35.8 Å². The minimum atomic E-state index is -0.984. The summed E-state index contributed by atoms with van der Waals surface area (Å²) in [6, 6.07) is 11.0. The topological polar surface area (TPSA) is 121 Å². The molecular formula is C21H18BrN5O5. The molecule has 2 aromatic rings. The fourth-order valence-corrected chi connectivity index (χ4v) is 3.71. The molecule has 164 valence electrons. The van der Waals surface area contributed by atoms with Crippen molar-refractivity contribution in [3.8, 4) is 0 Å². The first-order chi connectivity index (χ1) is 15.4. The Labute approximate surface area is 191 Å². The number of carbonyl (C=O) groups excluding carboxylic acids is 4. The van der Waals surface area contributed by atoms with E-state index in [-0.39, 0.29) is 13.2 Å². The minimum Gasteiger partial charge on any atom is -0.462 e. The largest absolute Gasteiger partial charge is 0.462 e. The molecular weight excluding hydrogens is 482 g/mol. The Bertz CT molecular complexity index is 1100. The van der Waals surface area contributed by atoms with Crippen LogP contribution >= 0.6 is 15.9 Å². The number of nitrogens with one attached hydrogen (secondary N) is 1. The molecule has 32 heavy (non-hydrogen) atoms. The fourth-order valence-electron chi connectivity index (χ4n) is 3.45. The summed E-state index contributed by atoms with van der Waals surface area (Å²) in [4.78, 5) is 50.9. The van der Waals surface area contributed by atoms with Crippen LogP contribution in [0.25, 0.3) is 0 Å². The molecule has 0 aliphatic carbocycles. The van der Waals surface area contributed by atoms with Gasteiger partial charge in [0.1, 0.15) is 6.54 Å². The van der Waals surface area contributed by atoms with E-state index in [0.29, 0.717) is 16.9 Å². The van der Waals surface area contributed by atoms with Crippen LogP contribution < -0.4 is 10.2 Å². The number of hydrogen-bond donors (Lipinski definition) is 1. The maximum atomic E-state index is 12.9. The number of anilines is 2. The Balaban J connectivity index is 1.41. The highest BCUT2D eigenvalue weighted by molar-refractivity contribution is 9.10. The molecule has 11 heteroatoms. The molecule has 0 spiro atoms. The van der Waals surface area contributed by atoms with Gasteiger partial charge < -0.3 is 10.1 Å². The van der Waals surface area contributed by atoms with E-state index in [1.807, 2.05) is 0 Å². The van der Waals surface area contributed by atoms with Gasteiger partial charge in [-0.15, -0.1) is 0 Å². The average molecular weight is 500 g/mol. The molecule has 0 saturated carbocycles. The van der Waals surface area contributed by atoms with Crippen LogP contribution in [0.15, 0.2) is 63.3 Å². The molecule has 1 fully saturated rings. The second-order valence-electron chi connectivity index (χ2n) is 7.03. The molecule has 2 atom stereocenters. The molecule has 2 aliphatic heterocycles. The number of halogens is 1. The predicted octanol–water partition coefficient (Wildman–Crippen LogP) is 2.56. The summed E-state index contributed by atoms with van der Waals surface area (Å²) in [5, 5.41) is 11.7. The third kappa shape index (κ3) is 4.11. The van der Waals surface area contributed by atoms with Crippen molar-refractivity contribution < 1.29 is 23.9 Å². The van der Waals surface area contributed by atoms with Crippen LogP contribution in [0, 0.1) is 0 Å². The van der Waals surface area contributed by atoms with Crippen molar-refractivity contribution in [3.05, 3.63) is 58.6 Å². The van der Waals surface area contributed by atoms with E-state index in [0.717, 1.165) is 9.37 Å². The lowest BCUT2D eigenvalue weighted by Crippen LogP contribution is -2.43. The van der Waals surface area contributed by atoms with Gasteiger partial charge in [-0.05, 0) is 55.5 Å².